The molecule has 0 spiro atoms. The van der Waals surface area contributed by atoms with Crippen molar-refractivity contribution in [2.24, 2.45) is 11.8 Å². The van der Waals surface area contributed by atoms with E-state index >= 15 is 0 Å². The van der Waals surface area contributed by atoms with Gasteiger partial charge in [-0.15, -0.1) is 0 Å². The maximum atomic E-state index is 13.2. The number of carbonyl (C=O) groups excluding carboxylic acids is 4. The fourth-order valence-electron chi connectivity index (χ4n) is 3.68. The van der Waals surface area contributed by atoms with Crippen molar-refractivity contribution in [1.29, 1.82) is 0 Å². The summed E-state index contributed by atoms with van der Waals surface area (Å²) in [6.07, 6.45) is 5.98. The maximum absolute atomic E-state index is 13.2. The van der Waals surface area contributed by atoms with Gasteiger partial charge in [-0.05, 0) is 50.0 Å². The fourth-order valence-corrected chi connectivity index (χ4v) is 4.15. The summed E-state index contributed by atoms with van der Waals surface area (Å²) in [5.74, 6) is -0.341. The Morgan fingerprint density at radius 1 is 0.971 bits per heavy atom. The van der Waals surface area contributed by atoms with Crippen molar-refractivity contribution in [3.8, 4) is 0 Å². The fraction of sp³-hybridized carbons (Fsp3) is 0.840. The van der Waals surface area contributed by atoms with E-state index in [4.69, 9.17) is 4.74 Å². The minimum Gasteiger partial charge on any atom is -0.361 e. The monoisotopic (exact) mass is 499 g/mol. The van der Waals surface area contributed by atoms with Gasteiger partial charge in [-0.3, -0.25) is 19.2 Å². The molecule has 4 atom stereocenters. The summed E-state index contributed by atoms with van der Waals surface area (Å²) >= 11 is 1.57. The predicted octanol–water partition coefficient (Wildman–Crippen LogP) is 2.83. The highest BCUT2D eigenvalue weighted by atomic mass is 32.2. The number of ketones is 1. The van der Waals surface area contributed by atoms with Crippen LogP contribution >= 0.6 is 11.8 Å². The van der Waals surface area contributed by atoms with E-state index in [1.54, 1.807) is 18.7 Å². The first-order chi connectivity index (χ1) is 15.9. The lowest BCUT2D eigenvalue weighted by Gasteiger charge is -2.27. The molecule has 0 aromatic rings. The normalized spacial score (nSPS) is 19.9. The Labute approximate surface area is 209 Å². The van der Waals surface area contributed by atoms with E-state index in [0.29, 0.717) is 31.6 Å². The second-order valence-electron chi connectivity index (χ2n) is 10.2. The first-order valence-electron chi connectivity index (χ1n) is 12.5. The highest BCUT2D eigenvalue weighted by Crippen LogP contribution is 2.29. The summed E-state index contributed by atoms with van der Waals surface area (Å²) in [5, 5.41) is 8.54. The number of hydrogen-bond acceptors (Lipinski definition) is 6. The van der Waals surface area contributed by atoms with E-state index in [9.17, 15) is 19.2 Å². The van der Waals surface area contributed by atoms with Gasteiger partial charge in [-0.2, -0.15) is 11.8 Å². The predicted molar refractivity (Wildman–Crippen MR) is 137 cm³/mol. The van der Waals surface area contributed by atoms with Crippen molar-refractivity contribution in [3.63, 3.8) is 0 Å². The zero-order valence-electron chi connectivity index (χ0n) is 22.0. The molecule has 3 N–H and O–H groups in total. The van der Waals surface area contributed by atoms with Gasteiger partial charge in [0.05, 0.1) is 12.6 Å². The number of rotatable bonds is 17. The number of Topliss-reactive ketones (excluding diaryl/α,β-unsaturated/α-hetero) is 1. The molecule has 3 amide bonds. The van der Waals surface area contributed by atoms with Crippen LogP contribution in [-0.2, 0) is 23.9 Å². The average Bonchev–Trinajstić information content (AvgIpc) is 3.51. The number of ether oxygens (including phenoxy) is 1. The summed E-state index contributed by atoms with van der Waals surface area (Å²) in [7, 11) is 0. The Bertz CT molecular complexity index is 694. The van der Waals surface area contributed by atoms with Crippen molar-refractivity contribution in [2.45, 2.75) is 104 Å². The number of hydrogen-bond donors (Lipinski definition) is 3. The van der Waals surface area contributed by atoms with Gasteiger partial charge in [0.2, 0.25) is 17.7 Å². The molecular weight excluding hydrogens is 454 g/mol. The number of nitrogens with one attached hydrogen (secondary N) is 3. The van der Waals surface area contributed by atoms with E-state index in [1.165, 1.54) is 0 Å². The summed E-state index contributed by atoms with van der Waals surface area (Å²) < 4.78 is 5.31. The largest absolute Gasteiger partial charge is 0.361 e. The van der Waals surface area contributed by atoms with Crippen LogP contribution in [0.1, 0.15) is 80.1 Å². The Morgan fingerprint density at radius 2 is 1.59 bits per heavy atom. The van der Waals surface area contributed by atoms with E-state index in [2.05, 4.69) is 22.9 Å². The van der Waals surface area contributed by atoms with E-state index in [0.717, 1.165) is 19.3 Å². The summed E-state index contributed by atoms with van der Waals surface area (Å²) in [4.78, 5) is 51.5. The molecule has 0 bridgehead atoms. The highest BCUT2D eigenvalue weighted by molar-refractivity contribution is 7.98. The minimum atomic E-state index is -0.838. The van der Waals surface area contributed by atoms with Crippen LogP contribution in [0.25, 0.3) is 0 Å². The quantitative estimate of drug-likeness (QED) is 0.209. The molecule has 0 radical (unpaired) electrons. The molecule has 1 aliphatic rings. The van der Waals surface area contributed by atoms with Crippen molar-refractivity contribution in [2.75, 3.05) is 18.6 Å². The van der Waals surface area contributed by atoms with Crippen LogP contribution in [0.3, 0.4) is 0 Å². The number of thioether (sulfide) groups is 1. The zero-order chi connectivity index (χ0) is 25.9. The molecule has 1 saturated heterocycles. The third-order valence-corrected chi connectivity index (χ3v) is 6.60. The second kappa shape index (κ2) is 14.7. The molecule has 34 heavy (non-hydrogen) atoms. The minimum absolute atomic E-state index is 0.135. The van der Waals surface area contributed by atoms with Crippen LogP contribution in [-0.4, -0.2) is 65.8 Å². The van der Waals surface area contributed by atoms with Crippen LogP contribution in [0.4, 0.5) is 0 Å². The van der Waals surface area contributed by atoms with Gasteiger partial charge in [-0.25, -0.2) is 0 Å². The molecule has 1 unspecified atom stereocenters. The molecule has 0 aliphatic carbocycles. The standard InChI is InChI=1S/C25H45N3O5S/c1-8-9-10-11-20(29)28-21(17(4)5)24(32)26-18(12-13-34-7)23(31)27-19(14-16(2)3)22(30)25(6)15-33-25/h16-19,21H,8-15H2,1-7H3,(H,26,32)(H,27,31)(H,28,29)/t18?,19-,21-,25+/m0/s1. The number of amides is 3. The summed E-state index contributed by atoms with van der Waals surface area (Å²) in [6, 6.07) is -2.20. The first kappa shape index (κ1) is 30.4. The number of carbonyl (C=O) groups is 4. The van der Waals surface area contributed by atoms with Crippen molar-refractivity contribution >= 4 is 35.3 Å². The molecule has 196 valence electrons. The van der Waals surface area contributed by atoms with Gasteiger partial charge in [0.15, 0.2) is 5.78 Å². The van der Waals surface area contributed by atoms with Gasteiger partial charge in [0.25, 0.3) is 0 Å². The third-order valence-electron chi connectivity index (χ3n) is 5.96. The molecule has 0 aromatic heterocycles. The topological polar surface area (TPSA) is 117 Å². The van der Waals surface area contributed by atoms with Crippen LogP contribution in [0, 0.1) is 11.8 Å². The third kappa shape index (κ3) is 10.3. The van der Waals surface area contributed by atoms with Crippen LogP contribution in [0.15, 0.2) is 0 Å². The van der Waals surface area contributed by atoms with E-state index < -0.39 is 23.7 Å². The molecule has 8 nitrogen and oxygen atoms in total. The van der Waals surface area contributed by atoms with Crippen LogP contribution < -0.4 is 16.0 Å². The van der Waals surface area contributed by atoms with Crippen LogP contribution in [0.5, 0.6) is 0 Å². The second-order valence-corrected chi connectivity index (χ2v) is 11.1. The van der Waals surface area contributed by atoms with Crippen molar-refractivity contribution < 1.29 is 23.9 Å². The first-order valence-corrected chi connectivity index (χ1v) is 13.9. The number of epoxide rings is 1. The lowest BCUT2D eigenvalue weighted by atomic mass is 9.93. The van der Waals surface area contributed by atoms with Crippen molar-refractivity contribution in [1.82, 2.24) is 16.0 Å². The van der Waals surface area contributed by atoms with Gasteiger partial charge in [-0.1, -0.05) is 47.5 Å². The van der Waals surface area contributed by atoms with Gasteiger partial charge < -0.3 is 20.7 Å². The molecule has 0 aromatic carbocycles. The molecule has 1 fully saturated rings. The Hall–Kier alpha value is -1.61. The van der Waals surface area contributed by atoms with Gasteiger partial charge in [0, 0.05) is 6.42 Å². The van der Waals surface area contributed by atoms with Gasteiger partial charge in [0.1, 0.15) is 17.7 Å². The lowest BCUT2D eigenvalue weighted by Crippen LogP contribution is -2.57. The lowest BCUT2D eigenvalue weighted by molar-refractivity contribution is -0.135. The number of unbranched alkanes of at least 4 members (excludes halogenated alkanes) is 2. The molecule has 0 saturated carbocycles. The zero-order valence-corrected chi connectivity index (χ0v) is 22.8. The average molecular weight is 500 g/mol. The highest BCUT2D eigenvalue weighted by Gasteiger charge is 2.50. The van der Waals surface area contributed by atoms with E-state index in [-0.39, 0.29) is 35.3 Å². The molecular formula is C25H45N3O5S. The Kier molecular flexibility index (Phi) is 13.2. The maximum Gasteiger partial charge on any atom is 0.243 e. The molecule has 9 heteroatoms. The summed E-state index contributed by atoms with van der Waals surface area (Å²) in [5.41, 5.74) is -0.838. The molecule has 1 aliphatic heterocycles. The smallest absolute Gasteiger partial charge is 0.243 e. The van der Waals surface area contributed by atoms with Crippen LogP contribution in [0.2, 0.25) is 0 Å². The molecule has 1 heterocycles. The Balaban J connectivity index is 2.89. The summed E-state index contributed by atoms with van der Waals surface area (Å²) in [6.45, 7) is 11.9. The Morgan fingerprint density at radius 3 is 2.09 bits per heavy atom. The van der Waals surface area contributed by atoms with Gasteiger partial charge >= 0.3 is 0 Å². The van der Waals surface area contributed by atoms with E-state index in [1.807, 2.05) is 34.0 Å². The molecule has 1 rings (SSSR count). The SMILES string of the molecule is CCCCCC(=O)N[C@H](C(=O)NC(CCSC)C(=O)N[C@@H](CC(C)C)C(=O)[C@@]1(C)CO1)C(C)C. The van der Waals surface area contributed by atoms with Crippen molar-refractivity contribution in [3.05, 3.63) is 0 Å².